The fourth-order valence-electron chi connectivity index (χ4n) is 3.72. The molecule has 0 bridgehead atoms. The summed E-state index contributed by atoms with van der Waals surface area (Å²) < 4.78 is 71.7. The third-order valence-corrected chi connectivity index (χ3v) is 9.42. The molecular formula is C24H30N2O7S2. The standard InChI is InChI=1S/C24H30N2O7S2/c1-5-25(6-2)34(27,28)21-12-14-22(15-13-21)35(29,30)26(18-20-10-8-16-33-20)17-19-9-7-11-23(31-3)24(19)32-4/h7-16H,5-6,17-18H2,1-4H3. The van der Waals surface area contributed by atoms with Crippen LogP contribution < -0.4 is 9.47 Å². The summed E-state index contributed by atoms with van der Waals surface area (Å²) in [7, 11) is -4.76. The maximum absolute atomic E-state index is 13.7. The minimum absolute atomic E-state index is 0.0249. The quantitative estimate of drug-likeness (QED) is 0.357. The average Bonchev–Trinajstić information content (AvgIpc) is 3.37. The molecule has 0 fully saturated rings. The Bertz CT molecular complexity index is 1320. The van der Waals surface area contributed by atoms with Gasteiger partial charge in [-0.15, -0.1) is 0 Å². The van der Waals surface area contributed by atoms with Crippen LogP contribution in [0.3, 0.4) is 0 Å². The molecule has 3 rings (SSSR count). The Hall–Kier alpha value is -2.86. The van der Waals surface area contributed by atoms with Crippen molar-refractivity contribution in [2.45, 2.75) is 36.7 Å². The zero-order valence-corrected chi connectivity index (χ0v) is 21.8. The first-order valence-electron chi connectivity index (χ1n) is 11.0. The Labute approximate surface area is 207 Å². The second-order valence-corrected chi connectivity index (χ2v) is 11.4. The van der Waals surface area contributed by atoms with Crippen LogP contribution in [0.5, 0.6) is 11.5 Å². The minimum atomic E-state index is -4.04. The van der Waals surface area contributed by atoms with Crippen LogP contribution >= 0.6 is 0 Å². The van der Waals surface area contributed by atoms with Crippen molar-refractivity contribution in [1.82, 2.24) is 8.61 Å². The molecule has 9 nitrogen and oxygen atoms in total. The number of furan rings is 1. The van der Waals surface area contributed by atoms with E-state index in [0.29, 0.717) is 35.9 Å². The average molecular weight is 523 g/mol. The molecule has 0 unspecified atom stereocenters. The summed E-state index contributed by atoms with van der Waals surface area (Å²) in [6.45, 7) is 4.08. The summed E-state index contributed by atoms with van der Waals surface area (Å²) in [5.74, 6) is 1.36. The summed E-state index contributed by atoms with van der Waals surface area (Å²) in [4.78, 5) is -0.00313. The lowest BCUT2D eigenvalue weighted by molar-refractivity contribution is 0.332. The molecule has 3 aromatic rings. The van der Waals surface area contributed by atoms with Gasteiger partial charge in [-0.3, -0.25) is 0 Å². The maximum Gasteiger partial charge on any atom is 0.243 e. The molecule has 0 N–H and O–H groups in total. The first kappa shape index (κ1) is 26.7. The molecule has 0 spiro atoms. The molecule has 1 aromatic heterocycles. The molecule has 0 saturated heterocycles. The number of nitrogens with zero attached hydrogens (tertiary/aromatic N) is 2. The highest BCUT2D eigenvalue weighted by Crippen LogP contribution is 2.33. The van der Waals surface area contributed by atoms with Gasteiger partial charge in [0.15, 0.2) is 11.5 Å². The molecule has 35 heavy (non-hydrogen) atoms. The van der Waals surface area contributed by atoms with Crippen LogP contribution in [-0.4, -0.2) is 52.8 Å². The predicted octanol–water partition coefficient (Wildman–Crippen LogP) is 3.72. The Morgan fingerprint density at radius 3 is 1.83 bits per heavy atom. The first-order valence-corrected chi connectivity index (χ1v) is 13.9. The molecule has 1 heterocycles. The lowest BCUT2D eigenvalue weighted by atomic mass is 10.2. The van der Waals surface area contributed by atoms with Crippen molar-refractivity contribution in [3.05, 3.63) is 72.2 Å². The van der Waals surface area contributed by atoms with Crippen LogP contribution in [0.1, 0.15) is 25.2 Å². The van der Waals surface area contributed by atoms with Crippen molar-refractivity contribution in [2.24, 2.45) is 0 Å². The van der Waals surface area contributed by atoms with Crippen molar-refractivity contribution in [2.75, 3.05) is 27.3 Å². The monoisotopic (exact) mass is 522 g/mol. The zero-order chi connectivity index (χ0) is 25.6. The van der Waals surface area contributed by atoms with Crippen LogP contribution in [0.25, 0.3) is 0 Å². The van der Waals surface area contributed by atoms with E-state index in [1.54, 1.807) is 44.2 Å². The van der Waals surface area contributed by atoms with Gasteiger partial charge in [0.2, 0.25) is 20.0 Å². The van der Waals surface area contributed by atoms with E-state index in [4.69, 9.17) is 13.9 Å². The van der Waals surface area contributed by atoms with Gasteiger partial charge in [-0.2, -0.15) is 8.61 Å². The van der Waals surface area contributed by atoms with Gasteiger partial charge in [0, 0.05) is 25.2 Å². The molecule has 0 atom stereocenters. The van der Waals surface area contributed by atoms with Crippen LogP contribution in [0.4, 0.5) is 0 Å². The first-order chi connectivity index (χ1) is 16.7. The van der Waals surface area contributed by atoms with Crippen LogP contribution in [0.15, 0.2) is 75.1 Å². The number of sulfonamides is 2. The molecule has 11 heteroatoms. The molecule has 2 aromatic carbocycles. The van der Waals surface area contributed by atoms with Crippen molar-refractivity contribution >= 4 is 20.0 Å². The second kappa shape index (κ2) is 11.3. The molecule has 0 amide bonds. The van der Waals surface area contributed by atoms with Crippen LogP contribution in [0, 0.1) is 0 Å². The third-order valence-electron chi connectivity index (χ3n) is 5.55. The van der Waals surface area contributed by atoms with E-state index in [1.807, 2.05) is 0 Å². The molecule has 190 valence electrons. The highest BCUT2D eigenvalue weighted by molar-refractivity contribution is 7.89. The summed E-state index contributed by atoms with van der Waals surface area (Å²) in [5, 5.41) is 0. The Morgan fingerprint density at radius 1 is 0.743 bits per heavy atom. The largest absolute Gasteiger partial charge is 0.493 e. The predicted molar refractivity (Wildman–Crippen MR) is 131 cm³/mol. The molecule has 0 saturated carbocycles. The number of rotatable bonds is 12. The number of hydrogen-bond acceptors (Lipinski definition) is 7. The number of para-hydroxylation sites is 1. The number of methoxy groups -OCH3 is 2. The van der Waals surface area contributed by atoms with Crippen LogP contribution in [0.2, 0.25) is 0 Å². The Kier molecular flexibility index (Phi) is 8.60. The van der Waals surface area contributed by atoms with Crippen molar-refractivity contribution in [3.8, 4) is 11.5 Å². The highest BCUT2D eigenvalue weighted by Gasteiger charge is 2.29. The zero-order valence-electron chi connectivity index (χ0n) is 20.2. The van der Waals surface area contributed by atoms with E-state index in [1.165, 1.54) is 53.4 Å². The van der Waals surface area contributed by atoms with E-state index in [0.717, 1.165) is 0 Å². The molecular weight excluding hydrogens is 492 g/mol. The number of hydrogen-bond donors (Lipinski definition) is 0. The fourth-order valence-corrected chi connectivity index (χ4v) is 6.56. The Balaban J connectivity index is 2.00. The van der Waals surface area contributed by atoms with E-state index < -0.39 is 20.0 Å². The van der Waals surface area contributed by atoms with Crippen molar-refractivity contribution < 1.29 is 30.7 Å². The van der Waals surface area contributed by atoms with E-state index >= 15 is 0 Å². The normalized spacial score (nSPS) is 12.3. The topological polar surface area (TPSA) is 106 Å². The van der Waals surface area contributed by atoms with E-state index in [-0.39, 0.29) is 22.9 Å². The summed E-state index contributed by atoms with van der Waals surface area (Å²) in [5.41, 5.74) is 0.600. The van der Waals surface area contributed by atoms with E-state index in [2.05, 4.69) is 0 Å². The van der Waals surface area contributed by atoms with Crippen molar-refractivity contribution in [1.29, 1.82) is 0 Å². The van der Waals surface area contributed by atoms with Crippen molar-refractivity contribution in [3.63, 3.8) is 0 Å². The van der Waals surface area contributed by atoms with Gasteiger partial charge in [-0.25, -0.2) is 16.8 Å². The van der Waals surface area contributed by atoms with Gasteiger partial charge in [0.05, 0.1) is 36.8 Å². The second-order valence-electron chi connectivity index (χ2n) is 7.57. The number of ether oxygens (including phenoxy) is 2. The van der Waals surface area contributed by atoms with Gasteiger partial charge in [-0.1, -0.05) is 26.0 Å². The van der Waals surface area contributed by atoms with Gasteiger partial charge in [0.25, 0.3) is 0 Å². The molecule has 0 aliphatic heterocycles. The molecule has 0 aliphatic carbocycles. The van der Waals surface area contributed by atoms with Gasteiger partial charge < -0.3 is 13.9 Å². The molecule has 0 radical (unpaired) electrons. The van der Waals surface area contributed by atoms with Crippen LogP contribution in [-0.2, 0) is 33.1 Å². The Morgan fingerprint density at radius 2 is 1.34 bits per heavy atom. The van der Waals surface area contributed by atoms with Gasteiger partial charge >= 0.3 is 0 Å². The van der Waals surface area contributed by atoms with Gasteiger partial charge in [-0.05, 0) is 42.5 Å². The van der Waals surface area contributed by atoms with Gasteiger partial charge in [0.1, 0.15) is 5.76 Å². The fraction of sp³-hybridized carbons (Fsp3) is 0.333. The summed E-state index contributed by atoms with van der Waals surface area (Å²) in [6.07, 6.45) is 1.47. The highest BCUT2D eigenvalue weighted by atomic mass is 32.2. The smallest absolute Gasteiger partial charge is 0.243 e. The number of benzene rings is 2. The summed E-state index contributed by atoms with van der Waals surface area (Å²) >= 11 is 0. The molecule has 0 aliphatic rings. The van der Waals surface area contributed by atoms with E-state index in [9.17, 15) is 16.8 Å². The third kappa shape index (κ3) is 5.69. The summed E-state index contributed by atoms with van der Waals surface area (Å²) in [6, 6.07) is 13.8. The SMILES string of the molecule is CCN(CC)S(=O)(=O)c1ccc(S(=O)(=O)N(Cc2ccco2)Cc2cccc(OC)c2OC)cc1. The minimum Gasteiger partial charge on any atom is -0.493 e. The maximum atomic E-state index is 13.7. The lowest BCUT2D eigenvalue weighted by Crippen LogP contribution is -2.31. The lowest BCUT2D eigenvalue weighted by Gasteiger charge is -2.23.